The first-order valence-corrected chi connectivity index (χ1v) is 7.41. The molecule has 0 aromatic heterocycles. The van der Waals surface area contributed by atoms with E-state index < -0.39 is 5.97 Å². The molecule has 2 aromatic rings. The Morgan fingerprint density at radius 2 is 1.67 bits per heavy atom. The van der Waals surface area contributed by atoms with Gasteiger partial charge >= 0.3 is 5.97 Å². The number of aliphatic imine (C=N–C) groups is 1. The Kier molecular flexibility index (Phi) is 4.35. The van der Waals surface area contributed by atoms with Gasteiger partial charge < -0.3 is 4.74 Å². The average molecular weight is 314 g/mol. The zero-order valence-electron chi connectivity index (χ0n) is 13.1. The van der Waals surface area contributed by atoms with E-state index in [-0.39, 0.29) is 11.6 Å². The molecule has 1 heterocycles. The lowest BCUT2D eigenvalue weighted by atomic mass is 10.1. The van der Waals surface area contributed by atoms with E-state index in [1.807, 2.05) is 37.3 Å². The Labute approximate surface area is 140 Å². The van der Waals surface area contributed by atoms with Crippen LogP contribution in [0.2, 0.25) is 0 Å². The highest BCUT2D eigenvalue weighted by Gasteiger charge is 2.20. The Bertz CT molecular complexity index is 896. The van der Waals surface area contributed by atoms with E-state index in [2.05, 4.69) is 11.1 Å². The van der Waals surface area contributed by atoms with Gasteiger partial charge in [0, 0.05) is 6.08 Å². The molecule has 0 amide bonds. The van der Waals surface area contributed by atoms with Crippen molar-refractivity contribution in [2.45, 2.75) is 6.92 Å². The van der Waals surface area contributed by atoms with Crippen molar-refractivity contribution in [1.82, 2.24) is 0 Å². The summed E-state index contributed by atoms with van der Waals surface area (Å²) in [5, 5.41) is 8.79. The molecule has 0 unspecified atom stereocenters. The summed E-state index contributed by atoms with van der Waals surface area (Å²) in [5.41, 5.74) is 3.78. The third kappa shape index (κ3) is 3.65. The van der Waals surface area contributed by atoms with Gasteiger partial charge in [0.2, 0.25) is 5.90 Å². The second-order valence-electron chi connectivity index (χ2n) is 5.35. The molecule has 24 heavy (non-hydrogen) atoms. The van der Waals surface area contributed by atoms with E-state index in [4.69, 9.17) is 10.00 Å². The number of rotatable bonds is 3. The normalized spacial score (nSPS) is 15.4. The van der Waals surface area contributed by atoms with Gasteiger partial charge in [-0.1, -0.05) is 42.0 Å². The Hall–Kier alpha value is -3.45. The van der Waals surface area contributed by atoms with Crippen LogP contribution in [0.3, 0.4) is 0 Å². The number of cyclic esters (lactones) is 1. The molecule has 0 fully saturated rings. The third-order valence-electron chi connectivity index (χ3n) is 3.48. The monoisotopic (exact) mass is 314 g/mol. The van der Waals surface area contributed by atoms with Crippen molar-refractivity contribution >= 4 is 24.0 Å². The maximum absolute atomic E-state index is 11.9. The molecule has 0 aliphatic carbocycles. The summed E-state index contributed by atoms with van der Waals surface area (Å²) in [6, 6.07) is 16.9. The number of ether oxygens (including phenoxy) is 1. The lowest BCUT2D eigenvalue weighted by Gasteiger charge is -1.95. The fourth-order valence-electron chi connectivity index (χ4n) is 2.15. The van der Waals surface area contributed by atoms with Crippen molar-refractivity contribution in [2.75, 3.05) is 0 Å². The molecule has 4 nitrogen and oxygen atoms in total. The van der Waals surface area contributed by atoms with Crippen LogP contribution in [0.1, 0.15) is 22.3 Å². The van der Waals surface area contributed by atoms with Crippen LogP contribution in [-0.4, -0.2) is 11.9 Å². The molecule has 0 saturated heterocycles. The number of esters is 1. The molecule has 2 aromatic carbocycles. The number of benzene rings is 2. The van der Waals surface area contributed by atoms with Gasteiger partial charge in [-0.25, -0.2) is 9.79 Å². The molecule has 0 saturated carbocycles. The molecule has 3 rings (SSSR count). The zero-order chi connectivity index (χ0) is 16.9. The second-order valence-corrected chi connectivity index (χ2v) is 5.35. The lowest BCUT2D eigenvalue weighted by molar-refractivity contribution is -0.129. The summed E-state index contributed by atoms with van der Waals surface area (Å²) in [5.74, 6) is -0.219. The SMILES string of the molecule is Cc1ccc(C=CC2=NC(=Cc3ccc(C#N)cc3)C(=O)O2)cc1. The summed E-state index contributed by atoms with van der Waals surface area (Å²) in [7, 11) is 0. The summed E-state index contributed by atoms with van der Waals surface area (Å²) >= 11 is 0. The Morgan fingerprint density at radius 3 is 2.33 bits per heavy atom. The summed E-state index contributed by atoms with van der Waals surface area (Å²) < 4.78 is 5.14. The van der Waals surface area contributed by atoms with Gasteiger partial charge in [-0.2, -0.15) is 5.26 Å². The fourth-order valence-corrected chi connectivity index (χ4v) is 2.15. The van der Waals surface area contributed by atoms with Crippen molar-refractivity contribution in [1.29, 1.82) is 5.26 Å². The van der Waals surface area contributed by atoms with Crippen LogP contribution >= 0.6 is 0 Å². The number of aryl methyl sites for hydroxylation is 1. The van der Waals surface area contributed by atoms with E-state index in [0.29, 0.717) is 5.56 Å². The number of hydrogen-bond donors (Lipinski definition) is 0. The van der Waals surface area contributed by atoms with Crippen molar-refractivity contribution in [3.8, 4) is 6.07 Å². The van der Waals surface area contributed by atoms with Crippen LogP contribution in [-0.2, 0) is 9.53 Å². The first-order valence-electron chi connectivity index (χ1n) is 7.41. The number of hydrogen-bond acceptors (Lipinski definition) is 4. The second kappa shape index (κ2) is 6.76. The maximum atomic E-state index is 11.9. The summed E-state index contributed by atoms with van der Waals surface area (Å²) in [6.45, 7) is 2.02. The largest absolute Gasteiger partial charge is 0.403 e. The highest BCUT2D eigenvalue weighted by Crippen LogP contribution is 2.17. The lowest BCUT2D eigenvalue weighted by Crippen LogP contribution is -2.01. The molecule has 0 radical (unpaired) electrons. The highest BCUT2D eigenvalue weighted by molar-refractivity contribution is 6.11. The van der Waals surface area contributed by atoms with E-state index in [9.17, 15) is 4.79 Å². The first-order chi connectivity index (χ1) is 11.6. The van der Waals surface area contributed by atoms with Crippen LogP contribution in [0, 0.1) is 18.3 Å². The molecular formula is C20H14N2O2. The number of nitriles is 1. The molecule has 1 aliphatic rings. The number of carbonyl (C=O) groups excluding carboxylic acids is 1. The Balaban J connectivity index is 1.78. The highest BCUT2D eigenvalue weighted by atomic mass is 16.6. The topological polar surface area (TPSA) is 62.5 Å². The minimum absolute atomic E-state index is 0.239. The third-order valence-corrected chi connectivity index (χ3v) is 3.48. The van der Waals surface area contributed by atoms with Gasteiger partial charge in [0.1, 0.15) is 0 Å². The molecule has 116 valence electrons. The number of carbonyl (C=O) groups is 1. The van der Waals surface area contributed by atoms with E-state index in [0.717, 1.165) is 11.1 Å². The molecule has 0 bridgehead atoms. The summed E-state index contributed by atoms with van der Waals surface area (Å²) in [4.78, 5) is 16.1. The molecule has 0 atom stereocenters. The first kappa shape index (κ1) is 15.4. The van der Waals surface area contributed by atoms with Gasteiger partial charge in [-0.05, 0) is 42.3 Å². The fraction of sp³-hybridized carbons (Fsp3) is 0.0500. The predicted octanol–water partition coefficient (Wildman–Crippen LogP) is 3.88. The zero-order valence-corrected chi connectivity index (χ0v) is 13.1. The molecule has 0 spiro atoms. The van der Waals surface area contributed by atoms with Gasteiger partial charge in [-0.3, -0.25) is 0 Å². The van der Waals surface area contributed by atoms with Crippen molar-refractivity contribution < 1.29 is 9.53 Å². The summed E-state index contributed by atoms with van der Waals surface area (Å²) in [6.07, 6.45) is 5.15. The molecular weight excluding hydrogens is 300 g/mol. The predicted molar refractivity (Wildman–Crippen MR) is 92.9 cm³/mol. The molecule has 0 N–H and O–H groups in total. The van der Waals surface area contributed by atoms with E-state index in [1.165, 1.54) is 5.56 Å². The maximum Gasteiger partial charge on any atom is 0.363 e. The average Bonchev–Trinajstić information content (AvgIpc) is 2.95. The van der Waals surface area contributed by atoms with E-state index >= 15 is 0 Å². The van der Waals surface area contributed by atoms with Crippen LogP contribution in [0.15, 0.2) is 65.3 Å². The van der Waals surface area contributed by atoms with Crippen molar-refractivity contribution in [3.05, 3.63) is 82.6 Å². The van der Waals surface area contributed by atoms with Crippen LogP contribution < -0.4 is 0 Å². The standard InChI is InChI=1S/C20H14N2O2/c1-14-2-4-15(5-3-14)10-11-19-22-18(20(23)24-19)12-16-6-8-17(13-21)9-7-16/h2-12H,1H3. The minimum Gasteiger partial charge on any atom is -0.403 e. The molecule has 4 heteroatoms. The molecule has 1 aliphatic heterocycles. The smallest absolute Gasteiger partial charge is 0.363 e. The van der Waals surface area contributed by atoms with Crippen LogP contribution in [0.25, 0.3) is 12.2 Å². The van der Waals surface area contributed by atoms with Crippen molar-refractivity contribution in [3.63, 3.8) is 0 Å². The van der Waals surface area contributed by atoms with Crippen LogP contribution in [0.5, 0.6) is 0 Å². The number of nitrogens with zero attached hydrogens (tertiary/aromatic N) is 2. The van der Waals surface area contributed by atoms with Gasteiger partial charge in [0.25, 0.3) is 0 Å². The van der Waals surface area contributed by atoms with E-state index in [1.54, 1.807) is 36.4 Å². The quantitative estimate of drug-likeness (QED) is 0.638. The van der Waals surface area contributed by atoms with Crippen molar-refractivity contribution in [2.24, 2.45) is 4.99 Å². The van der Waals surface area contributed by atoms with Crippen LogP contribution in [0.4, 0.5) is 0 Å². The Morgan fingerprint density at radius 1 is 1.00 bits per heavy atom. The minimum atomic E-state index is -0.483. The van der Waals surface area contributed by atoms with Gasteiger partial charge in [-0.15, -0.1) is 0 Å². The van der Waals surface area contributed by atoms with Gasteiger partial charge in [0.15, 0.2) is 5.70 Å². The van der Waals surface area contributed by atoms with Gasteiger partial charge in [0.05, 0.1) is 11.6 Å².